The first-order valence-corrected chi connectivity index (χ1v) is 6.48. The zero-order valence-corrected chi connectivity index (χ0v) is 10.8. The minimum Gasteiger partial charge on any atom is -0.480 e. The number of hydrogen-bond donors (Lipinski definition) is 2. The van der Waals surface area contributed by atoms with E-state index in [2.05, 4.69) is 5.32 Å². The van der Waals surface area contributed by atoms with Crippen LogP contribution in [0, 0.1) is 5.92 Å². The molecule has 2 rings (SSSR count). The molecular formula is C12H16F2N2O4. The van der Waals surface area contributed by atoms with Gasteiger partial charge in [0.15, 0.2) is 0 Å². The number of hydrogen-bond acceptors (Lipinski definition) is 3. The Kier molecular flexibility index (Phi) is 3.92. The third kappa shape index (κ3) is 3.05. The van der Waals surface area contributed by atoms with Gasteiger partial charge in [-0.1, -0.05) is 0 Å². The van der Waals surface area contributed by atoms with Gasteiger partial charge in [0.05, 0.1) is 0 Å². The molecule has 1 aliphatic heterocycles. The van der Waals surface area contributed by atoms with Crippen LogP contribution in [-0.2, 0) is 14.4 Å². The van der Waals surface area contributed by atoms with Crippen molar-refractivity contribution in [3.8, 4) is 0 Å². The van der Waals surface area contributed by atoms with E-state index in [1.54, 1.807) is 0 Å². The summed E-state index contributed by atoms with van der Waals surface area (Å²) in [4.78, 5) is 35.7. The van der Waals surface area contributed by atoms with Crippen LogP contribution in [0.15, 0.2) is 0 Å². The van der Waals surface area contributed by atoms with Crippen LogP contribution >= 0.6 is 0 Å². The molecule has 8 heteroatoms. The standard InChI is InChI=1S/C12H16F2N2O4/c13-12(14)3-1-7(2-4-12)10(18)16-6-9(17)15-5-8(16)11(19)20/h7-8H,1-6H2,(H,15,17)(H,19,20). The second-order valence-electron chi connectivity index (χ2n) is 5.25. The molecule has 2 N–H and O–H groups in total. The maximum absolute atomic E-state index is 13.1. The zero-order chi connectivity index (χ0) is 14.9. The molecule has 1 saturated carbocycles. The molecule has 1 saturated heterocycles. The summed E-state index contributed by atoms with van der Waals surface area (Å²) in [5, 5.41) is 11.4. The lowest BCUT2D eigenvalue weighted by molar-refractivity contribution is -0.157. The van der Waals surface area contributed by atoms with Gasteiger partial charge in [-0.25, -0.2) is 13.6 Å². The molecule has 1 atom stereocenters. The summed E-state index contributed by atoms with van der Waals surface area (Å²) in [6.45, 7) is -0.481. The molecule has 2 aliphatic rings. The van der Waals surface area contributed by atoms with Crippen molar-refractivity contribution in [2.75, 3.05) is 13.1 Å². The van der Waals surface area contributed by atoms with Crippen molar-refractivity contribution in [2.45, 2.75) is 37.6 Å². The molecule has 6 nitrogen and oxygen atoms in total. The molecule has 1 heterocycles. The van der Waals surface area contributed by atoms with Crippen molar-refractivity contribution in [3.63, 3.8) is 0 Å². The summed E-state index contributed by atoms with van der Waals surface area (Å²) < 4.78 is 26.1. The number of alkyl halides is 2. The van der Waals surface area contributed by atoms with Gasteiger partial charge in [-0.05, 0) is 12.8 Å². The molecule has 20 heavy (non-hydrogen) atoms. The van der Waals surface area contributed by atoms with E-state index in [0.29, 0.717) is 0 Å². The fraction of sp³-hybridized carbons (Fsp3) is 0.750. The molecule has 2 fully saturated rings. The van der Waals surface area contributed by atoms with Crippen LogP contribution in [0.25, 0.3) is 0 Å². The number of halogens is 2. The number of rotatable bonds is 2. The number of carbonyl (C=O) groups excluding carboxylic acids is 2. The van der Waals surface area contributed by atoms with E-state index in [9.17, 15) is 23.2 Å². The van der Waals surface area contributed by atoms with Gasteiger partial charge in [-0.2, -0.15) is 0 Å². The molecule has 1 aliphatic carbocycles. The van der Waals surface area contributed by atoms with Gasteiger partial charge in [0.1, 0.15) is 12.6 Å². The fourth-order valence-corrected chi connectivity index (χ4v) is 2.62. The van der Waals surface area contributed by atoms with E-state index in [0.717, 1.165) is 4.90 Å². The predicted molar refractivity (Wildman–Crippen MR) is 63.1 cm³/mol. The molecule has 0 spiro atoms. The number of piperazine rings is 1. The monoisotopic (exact) mass is 290 g/mol. The normalized spacial score (nSPS) is 27.0. The zero-order valence-electron chi connectivity index (χ0n) is 10.8. The largest absolute Gasteiger partial charge is 0.480 e. The third-order valence-electron chi connectivity index (χ3n) is 3.82. The molecule has 2 amide bonds. The smallest absolute Gasteiger partial charge is 0.328 e. The number of nitrogens with one attached hydrogen (secondary N) is 1. The van der Waals surface area contributed by atoms with Gasteiger partial charge >= 0.3 is 5.97 Å². The van der Waals surface area contributed by atoms with Crippen LogP contribution in [0.1, 0.15) is 25.7 Å². The molecular weight excluding hydrogens is 274 g/mol. The van der Waals surface area contributed by atoms with Gasteiger partial charge in [0.2, 0.25) is 17.7 Å². The van der Waals surface area contributed by atoms with Crippen LogP contribution in [-0.4, -0.2) is 52.8 Å². The van der Waals surface area contributed by atoms with E-state index >= 15 is 0 Å². The van der Waals surface area contributed by atoms with E-state index in [1.165, 1.54) is 0 Å². The van der Waals surface area contributed by atoms with Crippen molar-refractivity contribution in [1.29, 1.82) is 0 Å². The third-order valence-corrected chi connectivity index (χ3v) is 3.82. The number of carboxylic acid groups (broad SMARTS) is 1. The van der Waals surface area contributed by atoms with E-state index in [4.69, 9.17) is 5.11 Å². The van der Waals surface area contributed by atoms with Crippen molar-refractivity contribution in [1.82, 2.24) is 10.2 Å². The van der Waals surface area contributed by atoms with Gasteiger partial charge < -0.3 is 15.3 Å². The van der Waals surface area contributed by atoms with Crippen LogP contribution in [0.3, 0.4) is 0 Å². The van der Waals surface area contributed by atoms with Crippen LogP contribution in [0.5, 0.6) is 0 Å². The second kappa shape index (κ2) is 5.34. The molecule has 0 bridgehead atoms. The van der Waals surface area contributed by atoms with Gasteiger partial charge in [0, 0.05) is 25.3 Å². The first-order valence-electron chi connectivity index (χ1n) is 6.48. The van der Waals surface area contributed by atoms with Crippen LogP contribution in [0.4, 0.5) is 8.78 Å². The summed E-state index contributed by atoms with van der Waals surface area (Å²) in [7, 11) is 0. The highest BCUT2D eigenvalue weighted by Gasteiger charge is 2.42. The highest BCUT2D eigenvalue weighted by atomic mass is 19.3. The number of carbonyl (C=O) groups is 3. The quantitative estimate of drug-likeness (QED) is 0.762. The fourth-order valence-electron chi connectivity index (χ4n) is 2.62. The molecule has 0 aromatic rings. The second-order valence-corrected chi connectivity index (χ2v) is 5.25. The maximum Gasteiger partial charge on any atom is 0.328 e. The Labute approximate surface area is 114 Å². The van der Waals surface area contributed by atoms with Crippen LogP contribution in [0.2, 0.25) is 0 Å². The Hall–Kier alpha value is -1.73. The summed E-state index contributed by atoms with van der Waals surface area (Å²) in [5.41, 5.74) is 0. The number of amides is 2. The van der Waals surface area contributed by atoms with Gasteiger partial charge in [-0.15, -0.1) is 0 Å². The minimum absolute atomic E-state index is 0.0241. The average Bonchev–Trinajstić information content (AvgIpc) is 2.37. The maximum atomic E-state index is 13.1. The number of carboxylic acids is 1. The van der Waals surface area contributed by atoms with Crippen molar-refractivity contribution < 1.29 is 28.3 Å². The Morgan fingerprint density at radius 1 is 1.30 bits per heavy atom. The summed E-state index contributed by atoms with van der Waals surface area (Å²) in [5.74, 6) is -5.52. The summed E-state index contributed by atoms with van der Waals surface area (Å²) in [6.07, 6.45) is -0.699. The van der Waals surface area contributed by atoms with Gasteiger partial charge in [-0.3, -0.25) is 9.59 Å². The lowest BCUT2D eigenvalue weighted by Crippen LogP contribution is -2.60. The van der Waals surface area contributed by atoms with Crippen molar-refractivity contribution in [2.24, 2.45) is 5.92 Å². The predicted octanol–water partition coefficient (Wildman–Crippen LogP) is 0.223. The average molecular weight is 290 g/mol. The van der Waals surface area contributed by atoms with E-state index in [-0.39, 0.29) is 38.8 Å². The number of nitrogens with zero attached hydrogens (tertiary/aromatic N) is 1. The Morgan fingerprint density at radius 2 is 1.90 bits per heavy atom. The Bertz CT molecular complexity index is 431. The first-order chi connectivity index (χ1) is 9.30. The Morgan fingerprint density at radius 3 is 2.45 bits per heavy atom. The highest BCUT2D eigenvalue weighted by molar-refractivity contribution is 5.92. The summed E-state index contributed by atoms with van der Waals surface area (Å²) in [6, 6.07) is -1.12. The van der Waals surface area contributed by atoms with Crippen molar-refractivity contribution in [3.05, 3.63) is 0 Å². The van der Waals surface area contributed by atoms with Crippen molar-refractivity contribution >= 4 is 17.8 Å². The Balaban J connectivity index is 2.06. The van der Waals surface area contributed by atoms with E-state index < -0.39 is 35.7 Å². The lowest BCUT2D eigenvalue weighted by Gasteiger charge is -2.37. The highest BCUT2D eigenvalue weighted by Crippen LogP contribution is 2.37. The first kappa shape index (κ1) is 14.7. The summed E-state index contributed by atoms with van der Waals surface area (Å²) >= 11 is 0. The topological polar surface area (TPSA) is 86.7 Å². The lowest BCUT2D eigenvalue weighted by atomic mass is 9.85. The van der Waals surface area contributed by atoms with Gasteiger partial charge in [0.25, 0.3) is 0 Å². The molecule has 1 unspecified atom stereocenters. The minimum atomic E-state index is -2.75. The molecule has 0 aromatic heterocycles. The molecule has 0 radical (unpaired) electrons. The number of aliphatic carboxylic acids is 1. The van der Waals surface area contributed by atoms with E-state index in [1.807, 2.05) is 0 Å². The molecule has 112 valence electrons. The molecule has 0 aromatic carbocycles. The van der Waals surface area contributed by atoms with Crippen LogP contribution < -0.4 is 5.32 Å². The SMILES string of the molecule is O=C1CN(C(=O)C2CCC(F)(F)CC2)C(C(=O)O)CN1.